The third-order valence-corrected chi connectivity index (χ3v) is 13.8. The first-order chi connectivity index (χ1) is 35.0. The van der Waals surface area contributed by atoms with Crippen molar-refractivity contribution in [2.45, 2.75) is 335 Å². The topological polar surface area (TPSA) is 78.9 Å². The second-order valence-corrected chi connectivity index (χ2v) is 21.0. The van der Waals surface area contributed by atoms with E-state index in [4.69, 9.17) is 14.2 Å². The molecule has 0 aromatic rings. The molecule has 1 atom stereocenters. The average molecular weight is 996 g/mol. The van der Waals surface area contributed by atoms with Crippen LogP contribution in [0.4, 0.5) is 0 Å². The van der Waals surface area contributed by atoms with E-state index in [0.29, 0.717) is 19.3 Å². The van der Waals surface area contributed by atoms with Crippen LogP contribution in [0.3, 0.4) is 0 Å². The highest BCUT2D eigenvalue weighted by Crippen LogP contribution is 2.17. The lowest BCUT2D eigenvalue weighted by molar-refractivity contribution is -0.167. The van der Waals surface area contributed by atoms with Crippen molar-refractivity contribution in [3.63, 3.8) is 0 Å². The van der Waals surface area contributed by atoms with Crippen LogP contribution in [0.1, 0.15) is 329 Å². The van der Waals surface area contributed by atoms with Crippen LogP contribution in [0.5, 0.6) is 0 Å². The third-order valence-electron chi connectivity index (χ3n) is 13.8. The molecular formula is C65H118O6. The molecule has 0 fully saturated rings. The fraction of sp³-hybridized carbons (Fsp3) is 0.831. The molecule has 0 bridgehead atoms. The Morgan fingerprint density at radius 3 is 0.831 bits per heavy atom. The van der Waals surface area contributed by atoms with Gasteiger partial charge in [-0.05, 0) is 83.5 Å². The zero-order chi connectivity index (χ0) is 51.4. The first-order valence-electron chi connectivity index (χ1n) is 31.1. The van der Waals surface area contributed by atoms with E-state index in [-0.39, 0.29) is 31.1 Å². The highest BCUT2D eigenvalue weighted by atomic mass is 16.6. The van der Waals surface area contributed by atoms with Gasteiger partial charge < -0.3 is 14.2 Å². The molecular weight excluding hydrogens is 877 g/mol. The maximum Gasteiger partial charge on any atom is 0.306 e. The first-order valence-corrected chi connectivity index (χ1v) is 31.1. The zero-order valence-corrected chi connectivity index (χ0v) is 47.5. The molecule has 0 aliphatic heterocycles. The second-order valence-electron chi connectivity index (χ2n) is 21.0. The Balaban J connectivity index is 4.38. The molecule has 0 unspecified atom stereocenters. The van der Waals surface area contributed by atoms with Crippen LogP contribution >= 0.6 is 0 Å². The van der Waals surface area contributed by atoms with Gasteiger partial charge in [0.25, 0.3) is 0 Å². The molecule has 0 saturated carbocycles. The van der Waals surface area contributed by atoms with Crippen LogP contribution in [0, 0.1) is 0 Å². The smallest absolute Gasteiger partial charge is 0.306 e. The minimum Gasteiger partial charge on any atom is -0.462 e. The maximum atomic E-state index is 12.9. The van der Waals surface area contributed by atoms with Crippen LogP contribution in [-0.2, 0) is 28.6 Å². The average Bonchev–Trinajstić information content (AvgIpc) is 3.37. The standard InChI is InChI=1S/C65H118O6/c1-4-7-10-13-16-19-22-25-28-31-32-35-38-41-44-47-50-53-56-59-65(68)71-62(60-69-63(66)57-54-51-48-45-42-39-36-33-29-26-23-20-17-14-11-8-5-2)61-70-64(67)58-55-52-49-46-43-40-37-34-30-27-24-21-18-15-12-9-6-3/h17,20,25-26,28-29,36,39,62H,4-16,18-19,21-24,27,30-35,37-38,40-61H2,1-3H3/b20-17-,28-25-,29-26-,39-36-/t62-/m1/s1. The molecule has 0 aromatic heterocycles. The van der Waals surface area contributed by atoms with E-state index in [0.717, 1.165) is 83.5 Å². The van der Waals surface area contributed by atoms with Gasteiger partial charge in [-0.1, -0.05) is 275 Å². The third kappa shape index (κ3) is 58.1. The van der Waals surface area contributed by atoms with E-state index in [1.165, 1.54) is 205 Å². The molecule has 0 radical (unpaired) electrons. The number of esters is 3. The molecule has 6 nitrogen and oxygen atoms in total. The molecule has 0 rings (SSSR count). The monoisotopic (exact) mass is 995 g/mol. The van der Waals surface area contributed by atoms with Crippen molar-refractivity contribution in [3.05, 3.63) is 48.6 Å². The van der Waals surface area contributed by atoms with Crippen LogP contribution in [0.15, 0.2) is 48.6 Å². The highest BCUT2D eigenvalue weighted by Gasteiger charge is 2.19. The van der Waals surface area contributed by atoms with Crippen molar-refractivity contribution in [3.8, 4) is 0 Å². The molecule has 0 amide bonds. The largest absolute Gasteiger partial charge is 0.462 e. The summed E-state index contributed by atoms with van der Waals surface area (Å²) >= 11 is 0. The SMILES string of the molecule is CCCCC/C=C\C/C=C\C/C=C\CCCCCCC(=O)OC[C@H](COC(=O)CCCCCCCCCCCCCCCCCCC)OC(=O)CCCCCCCCCCC/C=C\CCCCCCCC. The predicted molar refractivity (Wildman–Crippen MR) is 307 cm³/mol. The first kappa shape index (κ1) is 68.4. The minimum absolute atomic E-state index is 0.0776. The Kier molecular flexibility index (Phi) is 57.7. The summed E-state index contributed by atoms with van der Waals surface area (Å²) < 4.78 is 16.9. The minimum atomic E-state index is -0.782. The summed E-state index contributed by atoms with van der Waals surface area (Å²) in [6.45, 7) is 6.64. The molecule has 0 saturated heterocycles. The lowest BCUT2D eigenvalue weighted by atomic mass is 10.0. The summed E-state index contributed by atoms with van der Waals surface area (Å²) in [5.41, 5.74) is 0. The maximum absolute atomic E-state index is 12.9. The van der Waals surface area contributed by atoms with E-state index in [9.17, 15) is 14.4 Å². The highest BCUT2D eigenvalue weighted by molar-refractivity contribution is 5.71. The van der Waals surface area contributed by atoms with E-state index < -0.39 is 6.10 Å². The molecule has 0 spiro atoms. The molecule has 414 valence electrons. The van der Waals surface area contributed by atoms with E-state index in [1.807, 2.05) is 0 Å². The van der Waals surface area contributed by atoms with Crippen molar-refractivity contribution >= 4 is 17.9 Å². The Bertz CT molecular complexity index is 1230. The van der Waals surface area contributed by atoms with Gasteiger partial charge >= 0.3 is 17.9 Å². The summed E-state index contributed by atoms with van der Waals surface area (Å²) in [5.74, 6) is -0.883. The van der Waals surface area contributed by atoms with E-state index >= 15 is 0 Å². The summed E-state index contributed by atoms with van der Waals surface area (Å²) in [4.78, 5) is 38.3. The number of ether oxygens (including phenoxy) is 3. The molecule has 0 heterocycles. The van der Waals surface area contributed by atoms with Gasteiger partial charge in [-0.25, -0.2) is 0 Å². The van der Waals surface area contributed by atoms with Gasteiger partial charge in [-0.15, -0.1) is 0 Å². The number of carbonyl (C=O) groups is 3. The second kappa shape index (κ2) is 59.9. The van der Waals surface area contributed by atoms with Gasteiger partial charge in [-0.2, -0.15) is 0 Å². The molecule has 0 aliphatic rings. The summed E-state index contributed by atoms with van der Waals surface area (Å²) in [6.07, 6.45) is 73.9. The van der Waals surface area contributed by atoms with Crippen LogP contribution in [-0.4, -0.2) is 37.2 Å². The van der Waals surface area contributed by atoms with Gasteiger partial charge in [0, 0.05) is 19.3 Å². The van der Waals surface area contributed by atoms with Crippen LogP contribution in [0.2, 0.25) is 0 Å². The number of allylic oxidation sites excluding steroid dienone is 8. The zero-order valence-electron chi connectivity index (χ0n) is 47.5. The fourth-order valence-electron chi connectivity index (χ4n) is 9.09. The number of carbonyl (C=O) groups excluding carboxylic acids is 3. The van der Waals surface area contributed by atoms with Crippen molar-refractivity contribution in [1.82, 2.24) is 0 Å². The van der Waals surface area contributed by atoms with Crippen molar-refractivity contribution in [2.75, 3.05) is 13.2 Å². The Morgan fingerprint density at radius 2 is 0.507 bits per heavy atom. The van der Waals surface area contributed by atoms with Gasteiger partial charge in [0.2, 0.25) is 0 Å². The molecule has 0 aliphatic carbocycles. The lowest BCUT2D eigenvalue weighted by Gasteiger charge is -2.18. The van der Waals surface area contributed by atoms with E-state index in [1.54, 1.807) is 0 Å². The fourth-order valence-corrected chi connectivity index (χ4v) is 9.09. The van der Waals surface area contributed by atoms with Gasteiger partial charge in [0.15, 0.2) is 6.10 Å². The summed E-state index contributed by atoms with van der Waals surface area (Å²) in [6, 6.07) is 0. The van der Waals surface area contributed by atoms with Gasteiger partial charge in [-0.3, -0.25) is 14.4 Å². The quantitative estimate of drug-likeness (QED) is 0.0261. The van der Waals surface area contributed by atoms with Crippen molar-refractivity contribution in [2.24, 2.45) is 0 Å². The normalized spacial score (nSPS) is 12.3. The van der Waals surface area contributed by atoms with Crippen molar-refractivity contribution < 1.29 is 28.6 Å². The number of unbranched alkanes of at least 4 members (excludes halogenated alkanes) is 38. The number of hydrogen-bond acceptors (Lipinski definition) is 6. The predicted octanol–water partition coefficient (Wildman–Crippen LogP) is 21.0. The van der Waals surface area contributed by atoms with Crippen molar-refractivity contribution in [1.29, 1.82) is 0 Å². The van der Waals surface area contributed by atoms with Gasteiger partial charge in [0.05, 0.1) is 0 Å². The molecule has 0 N–H and O–H groups in total. The Morgan fingerprint density at radius 1 is 0.282 bits per heavy atom. The van der Waals surface area contributed by atoms with Crippen LogP contribution < -0.4 is 0 Å². The van der Waals surface area contributed by atoms with E-state index in [2.05, 4.69) is 69.4 Å². The Hall–Kier alpha value is -2.63. The Labute approximate surface area is 441 Å². The number of rotatable bonds is 57. The summed E-state index contributed by atoms with van der Waals surface area (Å²) in [7, 11) is 0. The van der Waals surface area contributed by atoms with Gasteiger partial charge in [0.1, 0.15) is 13.2 Å². The lowest BCUT2D eigenvalue weighted by Crippen LogP contribution is -2.30. The number of hydrogen-bond donors (Lipinski definition) is 0. The van der Waals surface area contributed by atoms with Crippen LogP contribution in [0.25, 0.3) is 0 Å². The molecule has 71 heavy (non-hydrogen) atoms. The molecule has 6 heteroatoms. The summed E-state index contributed by atoms with van der Waals surface area (Å²) in [5, 5.41) is 0. The molecule has 0 aromatic carbocycles.